The summed E-state index contributed by atoms with van der Waals surface area (Å²) in [6.45, 7) is 0.455. The normalized spacial score (nSPS) is 13.4. The number of methoxy groups -OCH3 is 1. The lowest BCUT2D eigenvalue weighted by atomic mass is 10.1. The van der Waals surface area contributed by atoms with Crippen molar-refractivity contribution in [2.45, 2.75) is 25.7 Å². The second kappa shape index (κ2) is 7.87. The van der Waals surface area contributed by atoms with Gasteiger partial charge in [0.05, 0.1) is 35.0 Å². The van der Waals surface area contributed by atoms with Crippen molar-refractivity contribution in [2.75, 3.05) is 13.7 Å². The molecular weight excluding hydrogens is 390 g/mol. The lowest BCUT2D eigenvalue weighted by Gasteiger charge is -2.13. The first kappa shape index (κ1) is 19.3. The van der Waals surface area contributed by atoms with Crippen LogP contribution in [0.15, 0.2) is 54.7 Å². The van der Waals surface area contributed by atoms with Crippen molar-refractivity contribution in [3.8, 4) is 5.75 Å². The molecule has 0 saturated carbocycles. The molecule has 2 aromatic heterocycles. The second-order valence-electron chi connectivity index (χ2n) is 7.83. The number of pyridine rings is 1. The van der Waals surface area contributed by atoms with Crippen molar-refractivity contribution in [3.05, 3.63) is 71.5 Å². The van der Waals surface area contributed by atoms with E-state index >= 15 is 0 Å². The standard InChI is InChI=1S/C25H23N3O3/c1-31-16-10-11-17-18-12-13-26-21(23(18)27-22(17)15-16)9-3-2-6-14-28-24(29)19-7-4-5-8-20(19)25(28)30/h4-5,7-8,10-13,15,27H,2-3,6,9,14H2,1H3. The van der Waals surface area contributed by atoms with Gasteiger partial charge in [0, 0.05) is 29.6 Å². The Labute approximate surface area is 179 Å². The van der Waals surface area contributed by atoms with E-state index in [-0.39, 0.29) is 11.8 Å². The number of hydrogen-bond acceptors (Lipinski definition) is 4. The summed E-state index contributed by atoms with van der Waals surface area (Å²) in [5, 5.41) is 2.32. The minimum Gasteiger partial charge on any atom is -0.497 e. The van der Waals surface area contributed by atoms with Crippen LogP contribution in [0.25, 0.3) is 21.8 Å². The molecule has 0 aliphatic carbocycles. The molecule has 2 aromatic carbocycles. The number of rotatable bonds is 7. The first-order valence-corrected chi connectivity index (χ1v) is 10.6. The Hall–Kier alpha value is -3.67. The van der Waals surface area contributed by atoms with E-state index in [0.29, 0.717) is 17.7 Å². The van der Waals surface area contributed by atoms with Crippen LogP contribution in [0.5, 0.6) is 5.75 Å². The molecule has 1 aliphatic heterocycles. The maximum atomic E-state index is 12.5. The number of amides is 2. The molecule has 0 fully saturated rings. The first-order chi connectivity index (χ1) is 15.2. The number of fused-ring (bicyclic) bond motifs is 4. The van der Waals surface area contributed by atoms with E-state index in [0.717, 1.165) is 58.9 Å². The number of hydrogen-bond donors (Lipinski definition) is 1. The highest BCUT2D eigenvalue weighted by atomic mass is 16.5. The highest BCUT2D eigenvalue weighted by Gasteiger charge is 2.34. The number of aromatic nitrogens is 2. The summed E-state index contributed by atoms with van der Waals surface area (Å²) in [5.41, 5.74) is 4.16. The first-order valence-electron chi connectivity index (χ1n) is 10.6. The fraction of sp³-hybridized carbons (Fsp3) is 0.240. The van der Waals surface area contributed by atoms with E-state index in [2.05, 4.69) is 16.0 Å². The predicted octanol–water partition coefficient (Wildman–Crippen LogP) is 4.73. The summed E-state index contributed by atoms with van der Waals surface area (Å²) in [6, 6.07) is 15.1. The third-order valence-corrected chi connectivity index (χ3v) is 5.98. The molecule has 3 heterocycles. The van der Waals surface area contributed by atoms with Crippen molar-refractivity contribution in [2.24, 2.45) is 0 Å². The number of nitrogens with zero attached hydrogens (tertiary/aromatic N) is 2. The number of ether oxygens (including phenoxy) is 1. The fourth-order valence-electron chi connectivity index (χ4n) is 4.36. The number of aryl methyl sites for hydroxylation is 1. The maximum absolute atomic E-state index is 12.5. The summed E-state index contributed by atoms with van der Waals surface area (Å²) >= 11 is 0. The topological polar surface area (TPSA) is 75.3 Å². The van der Waals surface area contributed by atoms with Crippen LogP contribution in [0.2, 0.25) is 0 Å². The van der Waals surface area contributed by atoms with E-state index < -0.39 is 0 Å². The molecule has 2 amide bonds. The molecule has 6 heteroatoms. The van der Waals surface area contributed by atoms with Gasteiger partial charge in [0.1, 0.15) is 5.75 Å². The van der Waals surface area contributed by atoms with Gasteiger partial charge in [-0.05, 0) is 49.6 Å². The number of aromatic amines is 1. The number of carbonyl (C=O) groups excluding carboxylic acids is 2. The van der Waals surface area contributed by atoms with Crippen molar-refractivity contribution in [1.29, 1.82) is 0 Å². The van der Waals surface area contributed by atoms with Crippen molar-refractivity contribution < 1.29 is 14.3 Å². The van der Waals surface area contributed by atoms with Crippen LogP contribution < -0.4 is 4.74 Å². The van der Waals surface area contributed by atoms with Crippen LogP contribution in [0, 0.1) is 0 Å². The lowest BCUT2D eigenvalue weighted by Crippen LogP contribution is -2.30. The number of imide groups is 1. The van der Waals surface area contributed by atoms with Gasteiger partial charge in [0.2, 0.25) is 0 Å². The Kier molecular flexibility index (Phi) is 4.90. The smallest absolute Gasteiger partial charge is 0.261 e. The third kappa shape index (κ3) is 3.34. The Morgan fingerprint density at radius 2 is 1.71 bits per heavy atom. The number of nitrogens with one attached hydrogen (secondary N) is 1. The Morgan fingerprint density at radius 3 is 2.45 bits per heavy atom. The van der Waals surface area contributed by atoms with Crippen LogP contribution >= 0.6 is 0 Å². The predicted molar refractivity (Wildman–Crippen MR) is 120 cm³/mol. The Morgan fingerprint density at radius 1 is 0.935 bits per heavy atom. The Balaban J connectivity index is 1.22. The van der Waals surface area contributed by atoms with Crippen LogP contribution in [0.3, 0.4) is 0 Å². The summed E-state index contributed by atoms with van der Waals surface area (Å²) in [4.78, 5) is 34.4. The molecule has 156 valence electrons. The minimum atomic E-state index is -0.180. The van der Waals surface area contributed by atoms with Crippen LogP contribution in [0.1, 0.15) is 45.7 Å². The van der Waals surface area contributed by atoms with Gasteiger partial charge in [0.25, 0.3) is 11.8 Å². The number of carbonyl (C=O) groups is 2. The largest absolute Gasteiger partial charge is 0.497 e. The summed E-state index contributed by atoms with van der Waals surface area (Å²) in [7, 11) is 1.67. The highest BCUT2D eigenvalue weighted by molar-refractivity contribution is 6.21. The molecule has 0 radical (unpaired) electrons. The molecule has 31 heavy (non-hydrogen) atoms. The lowest BCUT2D eigenvalue weighted by molar-refractivity contribution is 0.0651. The third-order valence-electron chi connectivity index (χ3n) is 5.98. The van der Waals surface area contributed by atoms with Gasteiger partial charge < -0.3 is 9.72 Å². The van der Waals surface area contributed by atoms with Gasteiger partial charge in [-0.1, -0.05) is 18.6 Å². The molecule has 0 unspecified atom stereocenters. The monoisotopic (exact) mass is 413 g/mol. The molecule has 0 saturated heterocycles. The quantitative estimate of drug-likeness (QED) is 0.351. The van der Waals surface area contributed by atoms with Crippen LogP contribution in [0.4, 0.5) is 0 Å². The van der Waals surface area contributed by atoms with E-state index in [9.17, 15) is 9.59 Å². The number of unbranched alkanes of at least 4 members (excludes halogenated alkanes) is 2. The molecule has 0 bridgehead atoms. The summed E-state index contributed by atoms with van der Waals surface area (Å²) < 4.78 is 5.33. The van der Waals surface area contributed by atoms with Gasteiger partial charge in [-0.2, -0.15) is 0 Å². The molecule has 6 nitrogen and oxygen atoms in total. The van der Waals surface area contributed by atoms with Crippen molar-refractivity contribution >= 4 is 33.6 Å². The van der Waals surface area contributed by atoms with Crippen LogP contribution in [-0.2, 0) is 6.42 Å². The average Bonchev–Trinajstić information content (AvgIpc) is 3.29. The highest BCUT2D eigenvalue weighted by Crippen LogP contribution is 2.30. The zero-order valence-corrected chi connectivity index (χ0v) is 17.4. The summed E-state index contributed by atoms with van der Waals surface area (Å²) in [5.74, 6) is 0.461. The van der Waals surface area contributed by atoms with Gasteiger partial charge in [-0.25, -0.2) is 0 Å². The van der Waals surface area contributed by atoms with Crippen LogP contribution in [-0.4, -0.2) is 40.3 Å². The zero-order chi connectivity index (χ0) is 21.4. The SMILES string of the molecule is COc1ccc2c(c1)[nH]c1c(CCCCCN3C(=O)c4ccccc4C3=O)nccc12. The van der Waals surface area contributed by atoms with Crippen molar-refractivity contribution in [1.82, 2.24) is 14.9 Å². The van der Waals surface area contributed by atoms with E-state index in [4.69, 9.17) is 4.74 Å². The minimum absolute atomic E-state index is 0.180. The van der Waals surface area contributed by atoms with E-state index in [1.807, 2.05) is 24.4 Å². The molecule has 1 N–H and O–H groups in total. The van der Waals surface area contributed by atoms with Gasteiger partial charge in [0.15, 0.2) is 0 Å². The van der Waals surface area contributed by atoms with E-state index in [1.165, 1.54) is 4.90 Å². The van der Waals surface area contributed by atoms with Gasteiger partial charge >= 0.3 is 0 Å². The van der Waals surface area contributed by atoms with Gasteiger partial charge in [-0.3, -0.25) is 19.5 Å². The molecule has 0 spiro atoms. The van der Waals surface area contributed by atoms with Gasteiger partial charge in [-0.15, -0.1) is 0 Å². The molecule has 1 aliphatic rings. The molecule has 0 atom stereocenters. The average molecular weight is 413 g/mol. The second-order valence-corrected chi connectivity index (χ2v) is 7.83. The summed E-state index contributed by atoms with van der Waals surface area (Å²) in [6.07, 6.45) is 5.33. The van der Waals surface area contributed by atoms with E-state index in [1.54, 1.807) is 31.4 Å². The Bertz CT molecular complexity index is 1270. The molecule has 5 rings (SSSR count). The zero-order valence-electron chi connectivity index (χ0n) is 17.4. The fourth-order valence-corrected chi connectivity index (χ4v) is 4.36. The molecular formula is C25H23N3O3. The number of H-pyrrole nitrogens is 1. The number of benzene rings is 2. The van der Waals surface area contributed by atoms with Crippen molar-refractivity contribution in [3.63, 3.8) is 0 Å². The molecule has 4 aromatic rings. The maximum Gasteiger partial charge on any atom is 0.261 e.